The molecule has 1 heterocycles. The van der Waals surface area contributed by atoms with Gasteiger partial charge in [-0.05, 0) is 18.6 Å². The summed E-state index contributed by atoms with van der Waals surface area (Å²) in [7, 11) is 1.30. The van der Waals surface area contributed by atoms with Crippen LogP contribution in [0.15, 0.2) is 36.8 Å². The molecule has 21 heavy (non-hydrogen) atoms. The van der Waals surface area contributed by atoms with Gasteiger partial charge in [0.25, 0.3) is 0 Å². The lowest BCUT2D eigenvalue weighted by atomic mass is 10.2. The standard InChI is InChI=1S/C15H18FN3O2/c1-3-8-19-10-17-9-13(19)14(15(20)21-2)18-12-7-5-4-6-11(12)16/h4-7,9-10,14,18H,3,8H2,1-2H3. The van der Waals surface area contributed by atoms with Crippen LogP contribution in [0.4, 0.5) is 10.1 Å². The van der Waals surface area contributed by atoms with Crippen molar-refractivity contribution in [3.8, 4) is 0 Å². The summed E-state index contributed by atoms with van der Waals surface area (Å²) in [5.74, 6) is -0.913. The SMILES string of the molecule is CCCn1cncc1C(Nc1ccccc1F)C(=O)OC. The lowest BCUT2D eigenvalue weighted by Crippen LogP contribution is -2.25. The highest BCUT2D eigenvalue weighted by atomic mass is 19.1. The van der Waals surface area contributed by atoms with E-state index < -0.39 is 17.8 Å². The normalized spacial score (nSPS) is 12.0. The fraction of sp³-hybridized carbons (Fsp3) is 0.333. The molecule has 0 amide bonds. The van der Waals surface area contributed by atoms with E-state index in [9.17, 15) is 9.18 Å². The summed E-state index contributed by atoms with van der Waals surface area (Å²) in [6, 6.07) is 5.39. The Bertz CT molecular complexity index is 612. The van der Waals surface area contributed by atoms with Crippen molar-refractivity contribution in [3.63, 3.8) is 0 Å². The molecule has 0 radical (unpaired) electrons. The van der Waals surface area contributed by atoms with E-state index in [4.69, 9.17) is 4.74 Å². The van der Waals surface area contributed by atoms with Gasteiger partial charge in [-0.2, -0.15) is 0 Å². The molecule has 5 nitrogen and oxygen atoms in total. The highest BCUT2D eigenvalue weighted by molar-refractivity contribution is 5.80. The number of para-hydroxylation sites is 1. The van der Waals surface area contributed by atoms with Crippen LogP contribution in [0.1, 0.15) is 25.1 Å². The molecule has 0 saturated heterocycles. The van der Waals surface area contributed by atoms with Crippen LogP contribution >= 0.6 is 0 Å². The summed E-state index contributed by atoms with van der Waals surface area (Å²) in [6.07, 6.45) is 4.14. The number of halogens is 1. The number of carbonyl (C=O) groups is 1. The first-order chi connectivity index (χ1) is 10.2. The van der Waals surface area contributed by atoms with E-state index in [1.807, 2.05) is 11.5 Å². The topological polar surface area (TPSA) is 56.2 Å². The van der Waals surface area contributed by atoms with Crippen molar-refractivity contribution in [1.82, 2.24) is 9.55 Å². The number of aromatic nitrogens is 2. The monoisotopic (exact) mass is 291 g/mol. The number of esters is 1. The maximum absolute atomic E-state index is 13.8. The first-order valence-electron chi connectivity index (χ1n) is 6.76. The number of ether oxygens (including phenoxy) is 1. The number of anilines is 1. The third-order valence-electron chi connectivity index (χ3n) is 3.12. The Hall–Kier alpha value is -2.37. The summed E-state index contributed by atoms with van der Waals surface area (Å²) in [5, 5.41) is 2.89. The predicted octanol–water partition coefficient (Wildman–Crippen LogP) is 2.76. The molecule has 1 N–H and O–H groups in total. The molecule has 0 saturated carbocycles. The Morgan fingerprint density at radius 2 is 2.24 bits per heavy atom. The number of nitrogens with one attached hydrogen (secondary N) is 1. The summed E-state index contributed by atoms with van der Waals surface area (Å²) >= 11 is 0. The van der Waals surface area contributed by atoms with E-state index in [1.165, 1.54) is 13.2 Å². The lowest BCUT2D eigenvalue weighted by Gasteiger charge is -2.19. The van der Waals surface area contributed by atoms with Gasteiger partial charge in [-0.25, -0.2) is 14.2 Å². The number of rotatable bonds is 6. The molecule has 1 aromatic heterocycles. The number of benzene rings is 1. The minimum absolute atomic E-state index is 0.247. The summed E-state index contributed by atoms with van der Waals surface area (Å²) < 4.78 is 20.4. The molecule has 0 bridgehead atoms. The van der Waals surface area contributed by atoms with Crippen molar-refractivity contribution in [2.45, 2.75) is 25.9 Å². The molecule has 0 spiro atoms. The van der Waals surface area contributed by atoms with Crippen molar-refractivity contribution in [2.24, 2.45) is 0 Å². The van der Waals surface area contributed by atoms with Gasteiger partial charge in [0.05, 0.1) is 31.0 Å². The fourth-order valence-electron chi connectivity index (χ4n) is 2.10. The zero-order chi connectivity index (χ0) is 15.2. The minimum atomic E-state index is -0.805. The Balaban J connectivity index is 2.33. The van der Waals surface area contributed by atoms with Gasteiger partial charge >= 0.3 is 5.97 Å². The van der Waals surface area contributed by atoms with Gasteiger partial charge in [-0.3, -0.25) is 0 Å². The predicted molar refractivity (Wildman–Crippen MR) is 77.3 cm³/mol. The van der Waals surface area contributed by atoms with Crippen LogP contribution in [0.3, 0.4) is 0 Å². The molecule has 0 aliphatic heterocycles. The van der Waals surface area contributed by atoms with Crippen molar-refractivity contribution in [2.75, 3.05) is 12.4 Å². The number of nitrogens with zero attached hydrogens (tertiary/aromatic N) is 2. The first-order valence-corrected chi connectivity index (χ1v) is 6.76. The molecule has 1 atom stereocenters. The second-order valence-corrected chi connectivity index (χ2v) is 4.59. The van der Waals surface area contributed by atoms with E-state index >= 15 is 0 Å². The maximum Gasteiger partial charge on any atom is 0.334 e. The lowest BCUT2D eigenvalue weighted by molar-refractivity contribution is -0.141. The van der Waals surface area contributed by atoms with E-state index in [0.29, 0.717) is 5.69 Å². The van der Waals surface area contributed by atoms with E-state index in [1.54, 1.807) is 30.7 Å². The van der Waals surface area contributed by atoms with Crippen LogP contribution in [0.25, 0.3) is 0 Å². The number of methoxy groups -OCH3 is 1. The number of aryl methyl sites for hydroxylation is 1. The van der Waals surface area contributed by atoms with E-state index in [2.05, 4.69) is 10.3 Å². The van der Waals surface area contributed by atoms with Crippen LogP contribution < -0.4 is 5.32 Å². The molecular formula is C15H18FN3O2. The van der Waals surface area contributed by atoms with Crippen LogP contribution in [0.5, 0.6) is 0 Å². The van der Waals surface area contributed by atoms with Crippen molar-refractivity contribution >= 4 is 11.7 Å². The summed E-state index contributed by atoms with van der Waals surface area (Å²) in [6.45, 7) is 2.75. The second kappa shape index (κ2) is 6.88. The summed E-state index contributed by atoms with van der Waals surface area (Å²) in [4.78, 5) is 16.1. The largest absolute Gasteiger partial charge is 0.467 e. The quantitative estimate of drug-likeness (QED) is 0.831. The first kappa shape index (κ1) is 15.0. The Labute approximate surface area is 122 Å². The number of hydrogen-bond acceptors (Lipinski definition) is 4. The average Bonchev–Trinajstić information content (AvgIpc) is 2.94. The molecule has 2 rings (SSSR count). The van der Waals surface area contributed by atoms with Crippen molar-refractivity contribution < 1.29 is 13.9 Å². The number of imidazole rings is 1. The van der Waals surface area contributed by atoms with Crippen molar-refractivity contribution in [3.05, 3.63) is 48.3 Å². The molecule has 1 aromatic carbocycles. The molecule has 112 valence electrons. The highest BCUT2D eigenvalue weighted by Gasteiger charge is 2.25. The third-order valence-corrected chi connectivity index (χ3v) is 3.12. The highest BCUT2D eigenvalue weighted by Crippen LogP contribution is 2.23. The van der Waals surface area contributed by atoms with Crippen LogP contribution in [0, 0.1) is 5.82 Å². The van der Waals surface area contributed by atoms with Crippen LogP contribution in [-0.2, 0) is 16.1 Å². The Morgan fingerprint density at radius 3 is 2.90 bits per heavy atom. The molecule has 6 heteroatoms. The number of carbonyl (C=O) groups excluding carboxylic acids is 1. The van der Waals surface area contributed by atoms with Gasteiger partial charge in [0, 0.05) is 6.54 Å². The van der Waals surface area contributed by atoms with Gasteiger partial charge in [0.1, 0.15) is 5.82 Å². The zero-order valence-electron chi connectivity index (χ0n) is 12.0. The zero-order valence-corrected chi connectivity index (χ0v) is 12.0. The Kier molecular flexibility index (Phi) is 4.92. The van der Waals surface area contributed by atoms with Crippen LogP contribution in [0.2, 0.25) is 0 Å². The third kappa shape index (κ3) is 3.39. The molecule has 0 aliphatic carbocycles. The smallest absolute Gasteiger partial charge is 0.334 e. The van der Waals surface area contributed by atoms with Gasteiger partial charge < -0.3 is 14.6 Å². The Morgan fingerprint density at radius 1 is 1.48 bits per heavy atom. The maximum atomic E-state index is 13.8. The molecule has 0 fully saturated rings. The molecule has 0 aliphatic rings. The van der Waals surface area contributed by atoms with Gasteiger partial charge in [0.2, 0.25) is 0 Å². The minimum Gasteiger partial charge on any atom is -0.467 e. The molecule has 2 aromatic rings. The summed E-state index contributed by atoms with van der Waals surface area (Å²) in [5.41, 5.74) is 0.893. The molecular weight excluding hydrogens is 273 g/mol. The van der Waals surface area contributed by atoms with Gasteiger partial charge in [-0.1, -0.05) is 19.1 Å². The van der Waals surface area contributed by atoms with E-state index in [0.717, 1.165) is 13.0 Å². The molecule has 1 unspecified atom stereocenters. The second-order valence-electron chi connectivity index (χ2n) is 4.59. The average molecular weight is 291 g/mol. The van der Waals surface area contributed by atoms with E-state index in [-0.39, 0.29) is 5.69 Å². The number of hydrogen-bond donors (Lipinski definition) is 1. The van der Waals surface area contributed by atoms with Crippen molar-refractivity contribution in [1.29, 1.82) is 0 Å². The van der Waals surface area contributed by atoms with Crippen LogP contribution in [-0.4, -0.2) is 22.6 Å². The van der Waals surface area contributed by atoms with Gasteiger partial charge in [-0.15, -0.1) is 0 Å². The fourth-order valence-corrected chi connectivity index (χ4v) is 2.10. The van der Waals surface area contributed by atoms with Gasteiger partial charge in [0.15, 0.2) is 6.04 Å².